The number of benzene rings is 1. The summed E-state index contributed by atoms with van der Waals surface area (Å²) in [5, 5.41) is 21.9. The Morgan fingerprint density at radius 2 is 1.93 bits per heavy atom. The lowest BCUT2D eigenvalue weighted by molar-refractivity contribution is 0.399. The molecule has 1 heterocycles. The van der Waals surface area contributed by atoms with Gasteiger partial charge in [-0.05, 0) is 43.1 Å². The standard InChI is InChI=1S/C10H13NO2.BrH/c1-6-8-5-10(13)9(12)4-7(8)2-3-11-6;/h4-6,11-13H,2-3H2,1H3;1H. The minimum Gasteiger partial charge on any atom is -0.504 e. The number of halogens is 1. The summed E-state index contributed by atoms with van der Waals surface area (Å²) in [6.45, 7) is 2.98. The molecule has 0 aromatic heterocycles. The first-order chi connectivity index (χ1) is 6.18. The zero-order chi connectivity index (χ0) is 9.42. The summed E-state index contributed by atoms with van der Waals surface area (Å²) in [6.07, 6.45) is 0.910. The molecule has 3 N–H and O–H groups in total. The monoisotopic (exact) mass is 259 g/mol. The van der Waals surface area contributed by atoms with E-state index in [9.17, 15) is 10.2 Å². The van der Waals surface area contributed by atoms with E-state index in [-0.39, 0.29) is 34.5 Å². The Morgan fingerprint density at radius 1 is 1.29 bits per heavy atom. The molecule has 1 aromatic rings. The Balaban J connectivity index is 0.000000980. The fourth-order valence-electron chi connectivity index (χ4n) is 1.79. The van der Waals surface area contributed by atoms with Crippen molar-refractivity contribution in [3.8, 4) is 11.5 Å². The normalized spacial score (nSPS) is 19.6. The minimum absolute atomic E-state index is 0. The highest BCUT2D eigenvalue weighted by Gasteiger charge is 2.17. The van der Waals surface area contributed by atoms with E-state index in [0.717, 1.165) is 24.1 Å². The van der Waals surface area contributed by atoms with Crippen LogP contribution < -0.4 is 5.32 Å². The number of aromatic hydroxyl groups is 2. The molecule has 0 bridgehead atoms. The zero-order valence-corrected chi connectivity index (χ0v) is 9.66. The lowest BCUT2D eigenvalue weighted by atomic mass is 9.95. The van der Waals surface area contributed by atoms with Gasteiger partial charge in [-0.25, -0.2) is 0 Å². The third-order valence-electron chi connectivity index (χ3n) is 2.55. The van der Waals surface area contributed by atoms with E-state index in [1.165, 1.54) is 0 Å². The van der Waals surface area contributed by atoms with Gasteiger partial charge in [0.15, 0.2) is 11.5 Å². The number of hydrogen-bond acceptors (Lipinski definition) is 3. The number of phenolic OH excluding ortho intramolecular Hbond substituents is 2. The van der Waals surface area contributed by atoms with Crippen LogP contribution in [0.1, 0.15) is 24.1 Å². The second-order valence-electron chi connectivity index (χ2n) is 3.47. The molecule has 0 saturated heterocycles. The molecule has 1 atom stereocenters. The third-order valence-corrected chi connectivity index (χ3v) is 2.55. The van der Waals surface area contributed by atoms with Gasteiger partial charge in [-0.1, -0.05) is 0 Å². The van der Waals surface area contributed by atoms with E-state index in [1.54, 1.807) is 12.1 Å². The van der Waals surface area contributed by atoms with Crippen LogP contribution in [0.15, 0.2) is 12.1 Å². The quantitative estimate of drug-likeness (QED) is 0.624. The van der Waals surface area contributed by atoms with Crippen LogP contribution in [-0.2, 0) is 6.42 Å². The van der Waals surface area contributed by atoms with Crippen LogP contribution in [0.5, 0.6) is 11.5 Å². The molecule has 1 aromatic carbocycles. The number of nitrogens with one attached hydrogen (secondary N) is 1. The highest BCUT2D eigenvalue weighted by molar-refractivity contribution is 8.93. The topological polar surface area (TPSA) is 52.5 Å². The van der Waals surface area contributed by atoms with Gasteiger partial charge in [0.25, 0.3) is 0 Å². The third kappa shape index (κ3) is 1.86. The molecule has 2 rings (SSSR count). The summed E-state index contributed by atoms with van der Waals surface area (Å²) in [4.78, 5) is 0. The summed E-state index contributed by atoms with van der Waals surface area (Å²) in [6, 6.07) is 3.55. The van der Waals surface area contributed by atoms with Gasteiger partial charge in [-0.3, -0.25) is 0 Å². The molecule has 14 heavy (non-hydrogen) atoms. The molecule has 1 aliphatic heterocycles. The smallest absolute Gasteiger partial charge is 0.157 e. The first kappa shape index (κ1) is 11.3. The molecule has 0 amide bonds. The lowest BCUT2D eigenvalue weighted by Gasteiger charge is -2.24. The van der Waals surface area contributed by atoms with Crippen molar-refractivity contribution < 1.29 is 10.2 Å². The van der Waals surface area contributed by atoms with E-state index < -0.39 is 0 Å². The van der Waals surface area contributed by atoms with Gasteiger partial charge in [0.05, 0.1) is 0 Å². The Morgan fingerprint density at radius 3 is 2.64 bits per heavy atom. The van der Waals surface area contributed by atoms with E-state index in [4.69, 9.17) is 0 Å². The van der Waals surface area contributed by atoms with E-state index in [1.807, 2.05) is 0 Å². The van der Waals surface area contributed by atoms with Gasteiger partial charge in [-0.2, -0.15) is 0 Å². The van der Waals surface area contributed by atoms with Crippen molar-refractivity contribution in [3.63, 3.8) is 0 Å². The highest BCUT2D eigenvalue weighted by Crippen LogP contribution is 2.33. The van der Waals surface area contributed by atoms with Crippen LogP contribution in [-0.4, -0.2) is 16.8 Å². The van der Waals surface area contributed by atoms with Gasteiger partial charge in [0, 0.05) is 6.04 Å². The van der Waals surface area contributed by atoms with Gasteiger partial charge in [0.2, 0.25) is 0 Å². The van der Waals surface area contributed by atoms with Gasteiger partial charge < -0.3 is 15.5 Å². The lowest BCUT2D eigenvalue weighted by Crippen LogP contribution is -2.27. The van der Waals surface area contributed by atoms with Crippen LogP contribution in [0, 0.1) is 0 Å². The molecule has 0 spiro atoms. The number of rotatable bonds is 0. The maximum Gasteiger partial charge on any atom is 0.157 e. The molecule has 3 nitrogen and oxygen atoms in total. The average Bonchev–Trinajstić information content (AvgIpc) is 2.09. The first-order valence-corrected chi connectivity index (χ1v) is 4.46. The van der Waals surface area contributed by atoms with Crippen molar-refractivity contribution in [2.75, 3.05) is 6.54 Å². The van der Waals surface area contributed by atoms with Crippen LogP contribution in [0.2, 0.25) is 0 Å². The second kappa shape index (κ2) is 4.19. The average molecular weight is 260 g/mol. The molecule has 4 heteroatoms. The Bertz CT molecular complexity index is 341. The molecule has 0 fully saturated rings. The summed E-state index contributed by atoms with van der Waals surface area (Å²) in [7, 11) is 0. The maximum atomic E-state index is 9.32. The largest absolute Gasteiger partial charge is 0.504 e. The fraction of sp³-hybridized carbons (Fsp3) is 0.400. The van der Waals surface area contributed by atoms with Crippen molar-refractivity contribution in [3.05, 3.63) is 23.3 Å². The van der Waals surface area contributed by atoms with E-state index in [0.29, 0.717) is 0 Å². The van der Waals surface area contributed by atoms with Crippen LogP contribution in [0.25, 0.3) is 0 Å². The predicted molar refractivity (Wildman–Crippen MR) is 60.2 cm³/mol. The molecule has 0 saturated carbocycles. The fourth-order valence-corrected chi connectivity index (χ4v) is 1.79. The van der Waals surface area contributed by atoms with Crippen molar-refractivity contribution in [2.24, 2.45) is 0 Å². The SMILES string of the molecule is Br.CC1NCCc2cc(O)c(O)cc21. The Kier molecular flexibility index (Phi) is 3.39. The predicted octanol–water partition coefficient (Wildman–Crippen LogP) is 1.88. The molecule has 1 unspecified atom stereocenters. The summed E-state index contributed by atoms with van der Waals surface area (Å²) in [5.41, 5.74) is 2.21. The summed E-state index contributed by atoms with van der Waals surface area (Å²) < 4.78 is 0. The van der Waals surface area contributed by atoms with Crippen molar-refractivity contribution >= 4 is 17.0 Å². The molecule has 0 aliphatic carbocycles. The Hall–Kier alpha value is -0.740. The van der Waals surface area contributed by atoms with Crippen LogP contribution in [0.3, 0.4) is 0 Å². The summed E-state index contributed by atoms with van der Waals surface area (Å²) >= 11 is 0. The number of hydrogen-bond donors (Lipinski definition) is 3. The van der Waals surface area contributed by atoms with Crippen molar-refractivity contribution in [1.82, 2.24) is 5.32 Å². The van der Waals surface area contributed by atoms with Gasteiger partial charge in [-0.15, -0.1) is 17.0 Å². The van der Waals surface area contributed by atoms with Crippen LogP contribution in [0.4, 0.5) is 0 Å². The van der Waals surface area contributed by atoms with Gasteiger partial charge in [0.1, 0.15) is 0 Å². The van der Waals surface area contributed by atoms with Crippen molar-refractivity contribution in [2.45, 2.75) is 19.4 Å². The molecule has 78 valence electrons. The van der Waals surface area contributed by atoms with E-state index in [2.05, 4.69) is 12.2 Å². The molecule has 1 aliphatic rings. The zero-order valence-electron chi connectivity index (χ0n) is 7.95. The minimum atomic E-state index is -0.0331. The Labute approximate surface area is 93.5 Å². The van der Waals surface area contributed by atoms with E-state index >= 15 is 0 Å². The van der Waals surface area contributed by atoms with Crippen LogP contribution >= 0.6 is 17.0 Å². The second-order valence-corrected chi connectivity index (χ2v) is 3.47. The molecule has 0 radical (unpaired) electrons. The first-order valence-electron chi connectivity index (χ1n) is 4.46. The molecular weight excluding hydrogens is 246 g/mol. The molecular formula is C10H14BrNO2. The maximum absolute atomic E-state index is 9.32. The summed E-state index contributed by atoms with van der Waals surface area (Å²) in [5.74, 6) is -0.0536. The number of fused-ring (bicyclic) bond motifs is 1. The number of phenols is 2. The van der Waals surface area contributed by atoms with Gasteiger partial charge >= 0.3 is 0 Å². The highest BCUT2D eigenvalue weighted by atomic mass is 79.9. The van der Waals surface area contributed by atoms with Crippen molar-refractivity contribution in [1.29, 1.82) is 0 Å².